The third-order valence-corrected chi connectivity index (χ3v) is 8.65. The van der Waals surface area contributed by atoms with Crippen molar-refractivity contribution in [2.24, 2.45) is 4.99 Å². The molecule has 4 heterocycles. The molecule has 11 nitrogen and oxygen atoms in total. The second-order valence-corrected chi connectivity index (χ2v) is 11.7. The molecule has 0 unspecified atom stereocenters. The summed E-state index contributed by atoms with van der Waals surface area (Å²) in [6.45, 7) is 1.52. The van der Waals surface area contributed by atoms with Crippen LogP contribution in [0.1, 0.15) is 5.56 Å². The maximum absolute atomic E-state index is 12.9. The Bertz CT molecular complexity index is 1730. The summed E-state index contributed by atoms with van der Waals surface area (Å²) in [6, 6.07) is 11.3. The second kappa shape index (κ2) is 9.50. The molecule has 1 aliphatic rings. The first-order valence-electron chi connectivity index (χ1n) is 10.8. The Morgan fingerprint density at radius 1 is 1.16 bits per heavy atom. The number of carbonyl (C=O) groups excluding carboxylic acids is 1. The number of hydrogen-bond acceptors (Lipinski definition) is 9. The molecule has 0 atom stereocenters. The van der Waals surface area contributed by atoms with Crippen molar-refractivity contribution in [1.82, 2.24) is 19.2 Å². The van der Waals surface area contributed by atoms with Crippen molar-refractivity contribution in [2.75, 3.05) is 25.5 Å². The molecule has 37 heavy (non-hydrogen) atoms. The first-order chi connectivity index (χ1) is 17.6. The van der Waals surface area contributed by atoms with E-state index in [9.17, 15) is 23.1 Å². The molecule has 14 heteroatoms. The van der Waals surface area contributed by atoms with Gasteiger partial charge in [0.2, 0.25) is 5.88 Å². The van der Waals surface area contributed by atoms with Gasteiger partial charge in [0, 0.05) is 30.6 Å². The minimum atomic E-state index is -4.09. The van der Waals surface area contributed by atoms with Gasteiger partial charge < -0.3 is 15.3 Å². The number of anilines is 1. The number of aliphatic imine (C=N–C) groups is 1. The van der Waals surface area contributed by atoms with E-state index in [0.29, 0.717) is 17.3 Å². The van der Waals surface area contributed by atoms with E-state index in [-0.39, 0.29) is 25.9 Å². The molecular weight excluding hydrogens is 540 g/mol. The molecule has 1 aliphatic heterocycles. The van der Waals surface area contributed by atoms with Crippen LogP contribution >= 0.6 is 22.9 Å². The number of amidine groups is 1. The van der Waals surface area contributed by atoms with Crippen molar-refractivity contribution in [3.8, 4) is 11.7 Å². The number of nitrogens with one attached hydrogen (secondary N) is 2. The average Bonchev–Trinajstić information content (AvgIpc) is 3.48. The normalized spacial score (nSPS) is 13.6. The van der Waals surface area contributed by atoms with Gasteiger partial charge in [-0.1, -0.05) is 17.7 Å². The van der Waals surface area contributed by atoms with Crippen molar-refractivity contribution < 1.29 is 18.3 Å². The Hall–Kier alpha value is -3.94. The minimum absolute atomic E-state index is 0.109. The van der Waals surface area contributed by atoms with Crippen LogP contribution in [0, 0.1) is 0 Å². The van der Waals surface area contributed by atoms with Gasteiger partial charge in [0.25, 0.3) is 15.6 Å². The molecule has 190 valence electrons. The maximum atomic E-state index is 12.9. The summed E-state index contributed by atoms with van der Waals surface area (Å²) in [5, 5.41) is 14.2. The van der Waals surface area contributed by atoms with Gasteiger partial charge in [-0.3, -0.25) is 9.79 Å². The average molecular weight is 559 g/mol. The molecule has 0 aliphatic carbocycles. The number of benzene rings is 1. The molecule has 0 spiro atoms. The number of sulfonamides is 1. The number of pyridine rings is 2. The van der Waals surface area contributed by atoms with Gasteiger partial charge in [0.05, 0.1) is 22.8 Å². The lowest BCUT2D eigenvalue weighted by atomic mass is 10.1. The van der Waals surface area contributed by atoms with Crippen LogP contribution in [0.4, 0.5) is 10.5 Å². The fraction of sp³-hybridized carbons (Fsp3) is 0.130. The van der Waals surface area contributed by atoms with E-state index in [2.05, 4.69) is 15.3 Å². The standard InChI is InChI=1S/C23H19ClN6O5S2/c1-29-9-8-25-21(29)13-2-4-16-14(10-13)11-19(31)30(22(16)32)18-6-3-15(12-26-18)27-23(33)28-37(34,35)20-7-5-17(24)36-20/h2-7,10-12,32H,8-9H2,1H3,(H2,27,28,33). The summed E-state index contributed by atoms with van der Waals surface area (Å²) in [5.74, 6) is 0.647. The highest BCUT2D eigenvalue weighted by Crippen LogP contribution is 2.27. The van der Waals surface area contributed by atoms with Gasteiger partial charge in [0.15, 0.2) is 0 Å². The number of rotatable bonds is 5. The molecule has 2 amide bonds. The van der Waals surface area contributed by atoms with E-state index in [1.807, 2.05) is 22.7 Å². The monoisotopic (exact) mass is 558 g/mol. The van der Waals surface area contributed by atoms with Gasteiger partial charge >= 0.3 is 6.03 Å². The Balaban J connectivity index is 1.37. The maximum Gasteiger partial charge on any atom is 0.333 e. The molecule has 5 rings (SSSR count). The first kappa shape index (κ1) is 24.7. The van der Waals surface area contributed by atoms with Crippen molar-refractivity contribution >= 4 is 61.3 Å². The van der Waals surface area contributed by atoms with Crippen LogP contribution < -0.4 is 15.6 Å². The number of fused-ring (bicyclic) bond motifs is 1. The molecule has 0 radical (unpaired) electrons. The minimum Gasteiger partial charge on any atom is -0.494 e. The fourth-order valence-corrected chi connectivity index (χ4v) is 6.27. The van der Waals surface area contributed by atoms with E-state index in [0.717, 1.165) is 33.8 Å². The number of carbonyl (C=O) groups is 1. The molecule has 3 aromatic heterocycles. The number of thiophene rings is 1. The van der Waals surface area contributed by atoms with Crippen molar-refractivity contribution in [3.63, 3.8) is 0 Å². The predicted molar refractivity (Wildman–Crippen MR) is 142 cm³/mol. The van der Waals surface area contributed by atoms with Crippen LogP contribution in [0.5, 0.6) is 5.88 Å². The van der Waals surface area contributed by atoms with E-state index in [1.165, 1.54) is 36.5 Å². The number of urea groups is 1. The lowest BCUT2D eigenvalue weighted by molar-refractivity contribution is 0.256. The zero-order valence-corrected chi connectivity index (χ0v) is 21.6. The summed E-state index contributed by atoms with van der Waals surface area (Å²) in [6.07, 6.45) is 1.23. The van der Waals surface area contributed by atoms with Gasteiger partial charge in [-0.05, 0) is 41.8 Å². The van der Waals surface area contributed by atoms with Gasteiger partial charge in [-0.2, -0.15) is 0 Å². The summed E-state index contributed by atoms with van der Waals surface area (Å²) in [4.78, 5) is 35.7. The molecular formula is C23H19ClN6O5S2. The summed E-state index contributed by atoms with van der Waals surface area (Å²) in [5.41, 5.74) is 0.510. The van der Waals surface area contributed by atoms with E-state index >= 15 is 0 Å². The number of aromatic nitrogens is 2. The van der Waals surface area contributed by atoms with Crippen LogP contribution in [0.15, 0.2) is 68.7 Å². The molecule has 0 fully saturated rings. The summed E-state index contributed by atoms with van der Waals surface area (Å²) in [7, 11) is -2.15. The fourth-order valence-electron chi connectivity index (χ4n) is 3.88. The van der Waals surface area contributed by atoms with Crippen molar-refractivity contribution in [2.45, 2.75) is 4.21 Å². The number of aromatic hydroxyl groups is 1. The number of nitrogens with zero attached hydrogens (tertiary/aromatic N) is 4. The van der Waals surface area contributed by atoms with Crippen molar-refractivity contribution in [3.05, 3.63) is 75.0 Å². The first-order valence-corrected chi connectivity index (χ1v) is 13.5. The molecule has 0 bridgehead atoms. The quantitative estimate of drug-likeness (QED) is 0.341. The van der Waals surface area contributed by atoms with E-state index < -0.39 is 21.6 Å². The van der Waals surface area contributed by atoms with Crippen LogP contribution in [-0.4, -0.2) is 60.0 Å². The zero-order valence-electron chi connectivity index (χ0n) is 19.2. The van der Waals surface area contributed by atoms with Crippen LogP contribution in [0.3, 0.4) is 0 Å². The molecule has 1 aromatic carbocycles. The van der Waals surface area contributed by atoms with Gasteiger partial charge in [-0.25, -0.2) is 27.5 Å². The largest absolute Gasteiger partial charge is 0.494 e. The highest BCUT2D eigenvalue weighted by molar-refractivity contribution is 7.92. The molecule has 4 aromatic rings. The van der Waals surface area contributed by atoms with Crippen molar-refractivity contribution in [1.29, 1.82) is 0 Å². The lowest BCUT2D eigenvalue weighted by Crippen LogP contribution is -2.34. The van der Waals surface area contributed by atoms with E-state index in [1.54, 1.807) is 12.1 Å². The highest BCUT2D eigenvalue weighted by Gasteiger charge is 2.20. The van der Waals surface area contributed by atoms with Crippen LogP contribution in [0.25, 0.3) is 16.6 Å². The van der Waals surface area contributed by atoms with Crippen LogP contribution in [-0.2, 0) is 10.0 Å². The third kappa shape index (κ3) is 4.88. The molecule has 0 saturated heterocycles. The SMILES string of the molecule is CN1CCN=C1c1ccc2c(O)n(-c3ccc(NC(=O)NS(=O)(=O)c4ccc(Cl)s4)cn3)c(=O)cc2c1. The third-order valence-electron chi connectivity index (χ3n) is 5.60. The smallest absolute Gasteiger partial charge is 0.333 e. The number of halogens is 1. The second-order valence-electron chi connectivity index (χ2n) is 8.09. The lowest BCUT2D eigenvalue weighted by Gasteiger charge is -2.15. The van der Waals surface area contributed by atoms with E-state index in [4.69, 9.17) is 11.6 Å². The molecule has 3 N–H and O–H groups in total. The Morgan fingerprint density at radius 2 is 1.97 bits per heavy atom. The zero-order chi connectivity index (χ0) is 26.3. The van der Waals surface area contributed by atoms with Gasteiger partial charge in [0.1, 0.15) is 15.9 Å². The Labute approximate surface area is 219 Å². The Kier molecular flexibility index (Phi) is 6.35. The number of hydrogen-bond donors (Lipinski definition) is 3. The predicted octanol–water partition coefficient (Wildman–Crippen LogP) is 3.01. The Morgan fingerprint density at radius 3 is 2.62 bits per heavy atom. The van der Waals surface area contributed by atoms with Gasteiger partial charge in [-0.15, -0.1) is 11.3 Å². The number of amides is 2. The molecule has 0 saturated carbocycles. The van der Waals surface area contributed by atoms with Crippen LogP contribution in [0.2, 0.25) is 4.34 Å². The number of likely N-dealkylation sites (N-methyl/N-ethyl adjacent to an activating group) is 1. The summed E-state index contributed by atoms with van der Waals surface area (Å²) >= 11 is 6.57. The topological polar surface area (TPSA) is 146 Å². The highest BCUT2D eigenvalue weighted by atomic mass is 35.5. The summed E-state index contributed by atoms with van der Waals surface area (Å²) < 4.78 is 27.6.